The topological polar surface area (TPSA) is 21.3 Å². The van der Waals surface area contributed by atoms with Gasteiger partial charge in [-0.1, -0.05) is 35.8 Å². The predicted molar refractivity (Wildman–Crippen MR) is 70.1 cm³/mol. The lowest BCUT2D eigenvalue weighted by Crippen LogP contribution is -2.30. The van der Waals surface area contributed by atoms with Crippen LogP contribution in [0.3, 0.4) is 0 Å². The Morgan fingerprint density at radius 2 is 2.31 bits per heavy atom. The summed E-state index contributed by atoms with van der Waals surface area (Å²) >= 11 is 3.48. The molecule has 2 nitrogen and oxygen atoms in total. The third-order valence-electron chi connectivity index (χ3n) is 2.91. The van der Waals surface area contributed by atoms with Gasteiger partial charge < -0.3 is 10.1 Å². The Bertz CT molecular complexity index is 365. The molecular weight excluding hydrogens is 266 g/mol. The van der Waals surface area contributed by atoms with Crippen molar-refractivity contribution < 1.29 is 4.74 Å². The Morgan fingerprint density at radius 1 is 1.50 bits per heavy atom. The number of ether oxygens (including phenoxy) is 1. The number of hydrogen-bond acceptors (Lipinski definition) is 2. The van der Waals surface area contributed by atoms with Crippen molar-refractivity contribution in [1.29, 1.82) is 0 Å². The Labute approximate surface area is 106 Å². The van der Waals surface area contributed by atoms with E-state index in [4.69, 9.17) is 4.74 Å². The first-order chi connectivity index (χ1) is 7.66. The van der Waals surface area contributed by atoms with Gasteiger partial charge in [0, 0.05) is 23.0 Å². The smallest absolute Gasteiger partial charge is 0.123 e. The second kappa shape index (κ2) is 5.19. The zero-order valence-corrected chi connectivity index (χ0v) is 11.4. The van der Waals surface area contributed by atoms with Gasteiger partial charge in [0.15, 0.2) is 0 Å². The maximum atomic E-state index is 5.68. The first-order valence-electron chi connectivity index (χ1n) is 5.82. The summed E-state index contributed by atoms with van der Waals surface area (Å²) in [5.41, 5.74) is 1.34. The third-order valence-corrected chi connectivity index (χ3v) is 3.41. The molecule has 0 spiro atoms. The fraction of sp³-hybridized carbons (Fsp3) is 0.538. The molecule has 0 fully saturated rings. The van der Waals surface area contributed by atoms with Gasteiger partial charge in [-0.25, -0.2) is 0 Å². The van der Waals surface area contributed by atoms with Crippen LogP contribution in [-0.4, -0.2) is 19.2 Å². The van der Waals surface area contributed by atoms with Gasteiger partial charge in [0.1, 0.15) is 5.75 Å². The van der Waals surface area contributed by atoms with E-state index in [2.05, 4.69) is 53.3 Å². The van der Waals surface area contributed by atoms with Crippen molar-refractivity contribution in [1.82, 2.24) is 5.32 Å². The van der Waals surface area contributed by atoms with E-state index in [9.17, 15) is 0 Å². The number of benzene rings is 1. The van der Waals surface area contributed by atoms with Crippen LogP contribution >= 0.6 is 15.9 Å². The maximum absolute atomic E-state index is 5.68. The summed E-state index contributed by atoms with van der Waals surface area (Å²) in [5, 5.41) is 3.50. The van der Waals surface area contributed by atoms with Crippen LogP contribution in [0.4, 0.5) is 0 Å². The molecule has 0 radical (unpaired) electrons. The third kappa shape index (κ3) is 2.77. The van der Waals surface area contributed by atoms with E-state index in [0.717, 1.165) is 29.8 Å². The average Bonchev–Trinajstić information content (AvgIpc) is 2.25. The van der Waals surface area contributed by atoms with Crippen LogP contribution in [0.2, 0.25) is 0 Å². The second-order valence-electron chi connectivity index (χ2n) is 4.58. The van der Waals surface area contributed by atoms with Crippen molar-refractivity contribution in [2.24, 2.45) is 0 Å². The van der Waals surface area contributed by atoms with Crippen LogP contribution < -0.4 is 10.1 Å². The fourth-order valence-electron chi connectivity index (χ4n) is 2.03. The highest BCUT2D eigenvalue weighted by Crippen LogP contribution is 2.35. The molecule has 1 aromatic rings. The van der Waals surface area contributed by atoms with Gasteiger partial charge in [-0.15, -0.1) is 0 Å². The van der Waals surface area contributed by atoms with Gasteiger partial charge in [-0.3, -0.25) is 0 Å². The van der Waals surface area contributed by atoms with Crippen LogP contribution in [0.25, 0.3) is 0 Å². The molecule has 1 aliphatic heterocycles. The van der Waals surface area contributed by atoms with E-state index < -0.39 is 0 Å². The van der Waals surface area contributed by atoms with E-state index in [1.165, 1.54) is 5.56 Å². The minimum atomic E-state index is 0.543. The molecule has 1 heterocycles. The zero-order chi connectivity index (χ0) is 11.5. The van der Waals surface area contributed by atoms with Crippen molar-refractivity contribution in [2.75, 3.05) is 13.2 Å². The van der Waals surface area contributed by atoms with Crippen molar-refractivity contribution in [3.05, 3.63) is 28.2 Å². The molecule has 0 aliphatic carbocycles. The summed E-state index contributed by atoms with van der Waals surface area (Å²) in [4.78, 5) is 0. The molecule has 0 aromatic heterocycles. The Kier molecular flexibility index (Phi) is 3.87. The van der Waals surface area contributed by atoms with Crippen LogP contribution in [0.15, 0.2) is 22.7 Å². The maximum Gasteiger partial charge on any atom is 0.123 e. The lowest BCUT2D eigenvalue weighted by molar-refractivity contribution is 0.263. The highest BCUT2D eigenvalue weighted by molar-refractivity contribution is 9.10. The molecule has 0 saturated carbocycles. The summed E-state index contributed by atoms with van der Waals surface area (Å²) in [6, 6.07) is 6.87. The van der Waals surface area contributed by atoms with Crippen LogP contribution in [0.1, 0.15) is 31.7 Å². The van der Waals surface area contributed by atoms with Crippen LogP contribution in [0.5, 0.6) is 5.75 Å². The van der Waals surface area contributed by atoms with Gasteiger partial charge in [-0.05, 0) is 24.1 Å². The standard InChI is InChI=1S/C13H18BrNO/c1-9(2)15-8-10-5-6-16-13-7-11(14)3-4-12(10)13/h3-4,7,9-10,15H,5-6,8H2,1-2H3. The molecule has 16 heavy (non-hydrogen) atoms. The highest BCUT2D eigenvalue weighted by Gasteiger charge is 2.21. The lowest BCUT2D eigenvalue weighted by Gasteiger charge is -2.27. The van der Waals surface area contributed by atoms with E-state index in [1.54, 1.807) is 0 Å². The van der Waals surface area contributed by atoms with Gasteiger partial charge >= 0.3 is 0 Å². The normalized spacial score (nSPS) is 19.4. The lowest BCUT2D eigenvalue weighted by atomic mass is 9.93. The SMILES string of the molecule is CC(C)NCC1CCOc2cc(Br)ccc21. The van der Waals surface area contributed by atoms with Crippen molar-refractivity contribution in [2.45, 2.75) is 32.2 Å². The Hall–Kier alpha value is -0.540. The van der Waals surface area contributed by atoms with Gasteiger partial charge in [0.25, 0.3) is 0 Å². The van der Waals surface area contributed by atoms with Gasteiger partial charge in [0.05, 0.1) is 6.61 Å². The van der Waals surface area contributed by atoms with E-state index in [1.807, 2.05) is 0 Å². The van der Waals surface area contributed by atoms with Crippen molar-refractivity contribution >= 4 is 15.9 Å². The summed E-state index contributed by atoms with van der Waals surface area (Å²) in [6.07, 6.45) is 1.11. The van der Waals surface area contributed by atoms with E-state index in [-0.39, 0.29) is 0 Å². The molecule has 1 aliphatic rings. The first-order valence-corrected chi connectivity index (χ1v) is 6.61. The van der Waals surface area contributed by atoms with Crippen molar-refractivity contribution in [3.8, 4) is 5.75 Å². The fourth-order valence-corrected chi connectivity index (χ4v) is 2.37. The van der Waals surface area contributed by atoms with E-state index in [0.29, 0.717) is 12.0 Å². The van der Waals surface area contributed by atoms with Gasteiger partial charge in [-0.2, -0.15) is 0 Å². The quantitative estimate of drug-likeness (QED) is 0.919. The molecule has 3 heteroatoms. The zero-order valence-electron chi connectivity index (χ0n) is 9.79. The van der Waals surface area contributed by atoms with Gasteiger partial charge in [0.2, 0.25) is 0 Å². The average molecular weight is 284 g/mol. The Morgan fingerprint density at radius 3 is 3.06 bits per heavy atom. The van der Waals surface area contributed by atoms with E-state index >= 15 is 0 Å². The monoisotopic (exact) mass is 283 g/mol. The molecule has 0 saturated heterocycles. The number of rotatable bonds is 3. The molecule has 1 unspecified atom stereocenters. The second-order valence-corrected chi connectivity index (χ2v) is 5.49. The van der Waals surface area contributed by atoms with Crippen LogP contribution in [0, 0.1) is 0 Å². The minimum Gasteiger partial charge on any atom is -0.493 e. The first kappa shape index (κ1) is 11.9. The van der Waals surface area contributed by atoms with Crippen LogP contribution in [-0.2, 0) is 0 Å². The highest BCUT2D eigenvalue weighted by atomic mass is 79.9. The number of halogens is 1. The summed E-state index contributed by atoms with van der Waals surface area (Å²) in [5.74, 6) is 1.62. The summed E-state index contributed by atoms with van der Waals surface area (Å²) in [7, 11) is 0. The summed E-state index contributed by atoms with van der Waals surface area (Å²) < 4.78 is 6.77. The molecule has 1 atom stereocenters. The largest absolute Gasteiger partial charge is 0.493 e. The predicted octanol–water partition coefficient (Wildman–Crippen LogP) is 3.31. The number of nitrogens with one attached hydrogen (secondary N) is 1. The molecule has 2 rings (SSSR count). The number of hydrogen-bond donors (Lipinski definition) is 1. The molecular formula is C13H18BrNO. The molecule has 1 N–H and O–H groups in total. The minimum absolute atomic E-state index is 0.543. The van der Waals surface area contributed by atoms with Crippen molar-refractivity contribution in [3.63, 3.8) is 0 Å². The Balaban J connectivity index is 2.13. The molecule has 88 valence electrons. The molecule has 0 bridgehead atoms. The molecule has 1 aromatic carbocycles. The number of fused-ring (bicyclic) bond motifs is 1. The molecule has 0 amide bonds. The summed E-state index contributed by atoms with van der Waals surface area (Å²) in [6.45, 7) is 6.23.